The second-order valence-corrected chi connectivity index (χ2v) is 6.28. The predicted octanol–water partition coefficient (Wildman–Crippen LogP) is -0.941. The van der Waals surface area contributed by atoms with Gasteiger partial charge < -0.3 is 16.2 Å². The lowest BCUT2D eigenvalue weighted by molar-refractivity contribution is -0.137. The number of carbonyl (C=O) groups excluding carboxylic acids is 2. The molecule has 0 atom stereocenters. The third-order valence-corrected chi connectivity index (χ3v) is 4.24. The molecule has 0 fully saturated rings. The molecule has 0 aliphatic heterocycles. The van der Waals surface area contributed by atoms with E-state index in [1.165, 1.54) is 0 Å². The monoisotopic (exact) mass is 315 g/mol. The summed E-state index contributed by atoms with van der Waals surface area (Å²) in [5.74, 6) is -2.59. The van der Waals surface area contributed by atoms with Gasteiger partial charge in [-0.15, -0.1) is 0 Å². The highest BCUT2D eigenvalue weighted by Crippen LogP contribution is 2.12. The Bertz CT molecular complexity index is 612. The van der Waals surface area contributed by atoms with Gasteiger partial charge in [0.15, 0.2) is 5.75 Å². The van der Waals surface area contributed by atoms with Crippen LogP contribution >= 0.6 is 0 Å². The van der Waals surface area contributed by atoms with Gasteiger partial charge in [0.2, 0.25) is 15.9 Å². The predicted molar refractivity (Wildman–Crippen MR) is 76.3 cm³/mol. The van der Waals surface area contributed by atoms with Gasteiger partial charge in [-0.2, -0.15) is 4.31 Å². The number of rotatable bonds is 7. The van der Waals surface area contributed by atoms with Crippen molar-refractivity contribution in [3.8, 4) is 0 Å². The van der Waals surface area contributed by atoms with Crippen LogP contribution in [-0.2, 0) is 30.9 Å². The Kier molecular flexibility index (Phi) is 5.68. The van der Waals surface area contributed by atoms with E-state index in [2.05, 4.69) is 4.74 Å². The summed E-state index contributed by atoms with van der Waals surface area (Å²) in [6.07, 6.45) is 0. The molecular formula is C12H17N3O5S. The number of primary amides is 1. The van der Waals surface area contributed by atoms with E-state index in [0.717, 1.165) is 11.4 Å². The van der Waals surface area contributed by atoms with Crippen molar-refractivity contribution in [2.75, 3.05) is 25.1 Å². The van der Waals surface area contributed by atoms with Crippen molar-refractivity contribution in [3.63, 3.8) is 0 Å². The summed E-state index contributed by atoms with van der Waals surface area (Å²) in [7, 11) is -2.93. The lowest BCUT2D eigenvalue weighted by atomic mass is 10.2. The number of nitrogens with two attached hydrogens (primary N) is 2. The number of nitrogens with zero attached hydrogens (tertiary/aromatic N) is 1. The third-order valence-electron chi connectivity index (χ3n) is 2.59. The zero-order valence-corrected chi connectivity index (χ0v) is 12.3. The highest BCUT2D eigenvalue weighted by molar-refractivity contribution is 7.89. The normalized spacial score (nSPS) is 11.3. The minimum Gasteiger partial charge on any atom is -0.468 e. The van der Waals surface area contributed by atoms with Gasteiger partial charge in [0, 0.05) is 12.2 Å². The molecule has 0 heterocycles. The van der Waals surface area contributed by atoms with Crippen molar-refractivity contribution in [1.29, 1.82) is 0 Å². The molecule has 1 rings (SSSR count). The van der Waals surface area contributed by atoms with Gasteiger partial charge in [0.25, 0.3) is 0 Å². The fraction of sp³-hybridized carbons (Fsp3) is 0.333. The molecule has 0 aliphatic rings. The molecule has 9 heteroatoms. The van der Waals surface area contributed by atoms with Gasteiger partial charge in [-0.1, -0.05) is 12.1 Å². The summed E-state index contributed by atoms with van der Waals surface area (Å²) in [5, 5.41) is 0. The van der Waals surface area contributed by atoms with Gasteiger partial charge >= 0.3 is 5.97 Å². The average Bonchev–Trinajstić information content (AvgIpc) is 2.39. The van der Waals surface area contributed by atoms with Crippen LogP contribution in [0, 0.1) is 0 Å². The molecule has 8 nitrogen and oxygen atoms in total. The molecule has 1 amide bonds. The molecule has 0 radical (unpaired) electrons. The van der Waals surface area contributed by atoms with E-state index >= 15 is 0 Å². The Hall–Kier alpha value is -2.13. The number of benzene rings is 1. The van der Waals surface area contributed by atoms with E-state index in [0.29, 0.717) is 11.3 Å². The first-order valence-electron chi connectivity index (χ1n) is 5.92. The second-order valence-electron chi connectivity index (χ2n) is 4.31. The first-order chi connectivity index (χ1) is 9.74. The van der Waals surface area contributed by atoms with Gasteiger partial charge in [-0.05, 0) is 17.7 Å². The molecule has 1 aromatic rings. The molecular weight excluding hydrogens is 298 g/mol. The second kappa shape index (κ2) is 7.04. The highest BCUT2D eigenvalue weighted by Gasteiger charge is 2.27. The summed E-state index contributed by atoms with van der Waals surface area (Å²) in [4.78, 5) is 22.2. The Morgan fingerprint density at radius 1 is 1.24 bits per heavy atom. The van der Waals surface area contributed by atoms with Crippen LogP contribution in [0.4, 0.5) is 5.69 Å². The van der Waals surface area contributed by atoms with Crippen molar-refractivity contribution >= 4 is 27.6 Å². The average molecular weight is 315 g/mol. The first kappa shape index (κ1) is 16.9. The molecule has 21 heavy (non-hydrogen) atoms. The fourth-order valence-electron chi connectivity index (χ4n) is 1.55. The topological polar surface area (TPSA) is 133 Å². The maximum atomic E-state index is 12.1. The van der Waals surface area contributed by atoms with Gasteiger partial charge in [-0.25, -0.2) is 8.42 Å². The molecule has 0 spiro atoms. The molecule has 0 unspecified atom stereocenters. The summed E-state index contributed by atoms with van der Waals surface area (Å²) in [5.41, 5.74) is 11.7. The highest BCUT2D eigenvalue weighted by atomic mass is 32.2. The molecule has 0 bridgehead atoms. The van der Waals surface area contributed by atoms with Crippen molar-refractivity contribution in [2.45, 2.75) is 6.54 Å². The molecule has 0 aliphatic carbocycles. The smallest absolute Gasteiger partial charge is 0.322 e. The maximum Gasteiger partial charge on any atom is 0.322 e. The Balaban J connectivity index is 2.97. The van der Waals surface area contributed by atoms with Crippen LogP contribution in [0.5, 0.6) is 0 Å². The number of carbonyl (C=O) groups is 2. The number of hydrogen-bond donors (Lipinski definition) is 2. The van der Waals surface area contributed by atoms with Crippen molar-refractivity contribution in [2.24, 2.45) is 5.73 Å². The van der Waals surface area contributed by atoms with Crippen molar-refractivity contribution in [3.05, 3.63) is 29.8 Å². The third kappa shape index (κ3) is 5.40. The van der Waals surface area contributed by atoms with Crippen LogP contribution in [0.1, 0.15) is 5.56 Å². The summed E-state index contributed by atoms with van der Waals surface area (Å²) in [6.45, 7) is -0.619. The van der Waals surface area contributed by atoms with Crippen LogP contribution in [0.15, 0.2) is 24.3 Å². The number of hydrogen-bond acceptors (Lipinski definition) is 6. The standard InChI is InChI=1S/C12H17N3O5S/c1-20-12(17)8-21(18,19)15(7-11(14)16)6-9-2-4-10(13)5-3-9/h2-5H,6-8,13H2,1H3,(H2,14,16). The van der Waals surface area contributed by atoms with Crippen LogP contribution in [-0.4, -0.2) is 44.0 Å². The molecule has 0 saturated carbocycles. The van der Waals surface area contributed by atoms with E-state index in [-0.39, 0.29) is 6.54 Å². The first-order valence-corrected chi connectivity index (χ1v) is 7.53. The van der Waals surface area contributed by atoms with Gasteiger partial charge in [0.1, 0.15) is 0 Å². The van der Waals surface area contributed by atoms with E-state index in [9.17, 15) is 18.0 Å². The number of esters is 1. The molecule has 0 saturated heterocycles. The number of amides is 1. The van der Waals surface area contributed by atoms with E-state index in [1.54, 1.807) is 24.3 Å². The van der Waals surface area contributed by atoms with Gasteiger partial charge in [-0.3, -0.25) is 9.59 Å². The molecule has 1 aromatic carbocycles. The molecule has 0 aromatic heterocycles. The Morgan fingerprint density at radius 2 is 1.81 bits per heavy atom. The number of sulfonamides is 1. The van der Waals surface area contributed by atoms with Crippen molar-refractivity contribution < 1.29 is 22.7 Å². The quantitative estimate of drug-likeness (QED) is 0.493. The largest absolute Gasteiger partial charge is 0.468 e. The molecule has 4 N–H and O–H groups in total. The number of ether oxygens (including phenoxy) is 1. The van der Waals surface area contributed by atoms with Crippen LogP contribution in [0.2, 0.25) is 0 Å². The SMILES string of the molecule is COC(=O)CS(=O)(=O)N(CC(N)=O)Cc1ccc(N)cc1. The van der Waals surface area contributed by atoms with Gasteiger partial charge in [0.05, 0.1) is 13.7 Å². The van der Waals surface area contributed by atoms with Crippen LogP contribution in [0.3, 0.4) is 0 Å². The van der Waals surface area contributed by atoms with Crippen LogP contribution in [0.25, 0.3) is 0 Å². The summed E-state index contributed by atoms with van der Waals surface area (Å²) < 4.78 is 29.4. The minimum absolute atomic E-state index is 0.0947. The van der Waals surface area contributed by atoms with E-state index in [4.69, 9.17) is 11.5 Å². The van der Waals surface area contributed by atoms with E-state index in [1.807, 2.05) is 0 Å². The number of nitrogen functional groups attached to an aromatic ring is 1. The van der Waals surface area contributed by atoms with Crippen LogP contribution < -0.4 is 11.5 Å². The summed E-state index contributed by atoms with van der Waals surface area (Å²) >= 11 is 0. The fourth-order valence-corrected chi connectivity index (χ4v) is 2.82. The summed E-state index contributed by atoms with van der Waals surface area (Å²) in [6, 6.07) is 6.45. The Morgan fingerprint density at radius 3 is 2.29 bits per heavy atom. The van der Waals surface area contributed by atoms with E-state index < -0.39 is 34.2 Å². The maximum absolute atomic E-state index is 12.1. The zero-order valence-electron chi connectivity index (χ0n) is 11.5. The number of anilines is 1. The lowest BCUT2D eigenvalue weighted by Crippen LogP contribution is -2.40. The van der Waals surface area contributed by atoms with Crippen molar-refractivity contribution in [1.82, 2.24) is 4.31 Å². The lowest BCUT2D eigenvalue weighted by Gasteiger charge is -2.20. The zero-order chi connectivity index (χ0) is 16.0. The Labute approximate surface area is 122 Å². The molecule has 116 valence electrons. The minimum atomic E-state index is -4.01. The number of methoxy groups -OCH3 is 1.